The molecule has 2 N–H and O–H groups in total. The molecule has 2 heterocycles. The van der Waals surface area contributed by atoms with Crippen LogP contribution in [0.2, 0.25) is 0 Å². The second kappa shape index (κ2) is 5.47. The zero-order valence-electron chi connectivity index (χ0n) is 11.5. The van der Waals surface area contributed by atoms with Gasteiger partial charge in [0.25, 0.3) is 0 Å². The molecule has 2 aliphatic rings. The van der Waals surface area contributed by atoms with Gasteiger partial charge in [0.2, 0.25) is 0 Å². The third-order valence-electron chi connectivity index (χ3n) is 4.48. The maximum atomic E-state index is 9.95. The Morgan fingerprint density at radius 3 is 3.11 bits per heavy atom. The fourth-order valence-electron chi connectivity index (χ4n) is 3.57. The lowest BCUT2D eigenvalue weighted by atomic mass is 10.00. The average Bonchev–Trinajstić information content (AvgIpc) is 2.93. The Morgan fingerprint density at radius 1 is 1.42 bits per heavy atom. The number of aromatic nitrogens is 1. The number of rotatable bonds is 4. The lowest BCUT2D eigenvalue weighted by Crippen LogP contribution is -2.24. The van der Waals surface area contributed by atoms with Crippen LogP contribution < -0.4 is 5.32 Å². The van der Waals surface area contributed by atoms with Crippen molar-refractivity contribution in [3.8, 4) is 0 Å². The van der Waals surface area contributed by atoms with Crippen molar-refractivity contribution in [1.29, 1.82) is 0 Å². The van der Waals surface area contributed by atoms with Crippen LogP contribution in [0.1, 0.15) is 25.3 Å². The third kappa shape index (κ3) is 2.74. The molecular weight excluding hydrogens is 238 g/mol. The third-order valence-corrected chi connectivity index (χ3v) is 4.48. The summed E-state index contributed by atoms with van der Waals surface area (Å²) in [5.41, 5.74) is 1.31. The second-order valence-electron chi connectivity index (χ2n) is 5.84. The van der Waals surface area contributed by atoms with Crippen LogP contribution in [-0.4, -0.2) is 40.7 Å². The lowest BCUT2D eigenvalue weighted by Gasteiger charge is -2.18. The van der Waals surface area contributed by atoms with Gasteiger partial charge in [0.1, 0.15) is 5.82 Å². The van der Waals surface area contributed by atoms with Crippen molar-refractivity contribution in [3.63, 3.8) is 0 Å². The summed E-state index contributed by atoms with van der Waals surface area (Å²) in [6, 6.07) is 4.22. The van der Waals surface area contributed by atoms with Gasteiger partial charge in [-0.15, -0.1) is 0 Å². The van der Waals surface area contributed by atoms with E-state index < -0.39 is 0 Å². The van der Waals surface area contributed by atoms with Gasteiger partial charge < -0.3 is 10.4 Å². The second-order valence-corrected chi connectivity index (χ2v) is 5.84. The summed E-state index contributed by atoms with van der Waals surface area (Å²) < 4.78 is 0. The molecule has 1 saturated heterocycles. The maximum absolute atomic E-state index is 9.95. The van der Waals surface area contributed by atoms with Gasteiger partial charge in [-0.05, 0) is 43.4 Å². The molecule has 1 aromatic rings. The number of likely N-dealkylation sites (tertiary alicyclic amines) is 1. The minimum atomic E-state index is -0.0650. The largest absolute Gasteiger partial charge is 0.393 e. The lowest BCUT2D eigenvalue weighted by molar-refractivity contribution is 0.123. The fraction of sp³-hybridized carbons (Fsp3) is 0.667. The van der Waals surface area contributed by atoms with E-state index in [1.807, 2.05) is 6.20 Å². The van der Waals surface area contributed by atoms with Gasteiger partial charge in [0.05, 0.1) is 6.10 Å². The van der Waals surface area contributed by atoms with Gasteiger partial charge in [0.15, 0.2) is 0 Å². The van der Waals surface area contributed by atoms with Crippen molar-refractivity contribution in [2.24, 2.45) is 11.8 Å². The number of nitrogens with zero attached hydrogens (tertiary/aromatic N) is 2. The Labute approximate surface area is 114 Å². The molecule has 1 aromatic heterocycles. The van der Waals surface area contributed by atoms with E-state index >= 15 is 0 Å². The number of pyridine rings is 1. The molecule has 104 valence electrons. The highest BCUT2D eigenvalue weighted by molar-refractivity contribution is 5.37. The van der Waals surface area contributed by atoms with Gasteiger partial charge in [-0.2, -0.15) is 0 Å². The zero-order valence-corrected chi connectivity index (χ0v) is 11.5. The van der Waals surface area contributed by atoms with Crippen LogP contribution in [0.25, 0.3) is 0 Å². The first-order valence-corrected chi connectivity index (χ1v) is 7.35. The van der Waals surface area contributed by atoms with Crippen LogP contribution >= 0.6 is 0 Å². The molecule has 2 fully saturated rings. The maximum Gasteiger partial charge on any atom is 0.126 e. The van der Waals surface area contributed by atoms with Crippen molar-refractivity contribution in [3.05, 3.63) is 23.9 Å². The van der Waals surface area contributed by atoms with Crippen LogP contribution in [0.5, 0.6) is 0 Å². The van der Waals surface area contributed by atoms with Crippen molar-refractivity contribution in [2.45, 2.75) is 32.4 Å². The highest BCUT2D eigenvalue weighted by Crippen LogP contribution is 2.38. The molecule has 1 aliphatic heterocycles. The number of fused-ring (bicyclic) bond motifs is 1. The fourth-order valence-corrected chi connectivity index (χ4v) is 3.57. The zero-order chi connectivity index (χ0) is 13.2. The van der Waals surface area contributed by atoms with E-state index in [9.17, 15) is 5.11 Å². The molecule has 3 rings (SSSR count). The van der Waals surface area contributed by atoms with E-state index in [0.717, 1.165) is 38.4 Å². The molecule has 0 amide bonds. The van der Waals surface area contributed by atoms with Gasteiger partial charge >= 0.3 is 0 Å². The molecule has 0 radical (unpaired) electrons. The smallest absolute Gasteiger partial charge is 0.126 e. The van der Waals surface area contributed by atoms with E-state index in [1.54, 1.807) is 0 Å². The van der Waals surface area contributed by atoms with Crippen molar-refractivity contribution < 1.29 is 5.11 Å². The Morgan fingerprint density at radius 2 is 2.32 bits per heavy atom. The van der Waals surface area contributed by atoms with Gasteiger partial charge in [-0.1, -0.05) is 0 Å². The quantitative estimate of drug-likeness (QED) is 0.866. The van der Waals surface area contributed by atoms with Crippen LogP contribution in [0.4, 0.5) is 5.82 Å². The summed E-state index contributed by atoms with van der Waals surface area (Å²) in [7, 11) is 0. The summed E-state index contributed by atoms with van der Waals surface area (Å²) in [4.78, 5) is 6.78. The van der Waals surface area contributed by atoms with Crippen molar-refractivity contribution >= 4 is 5.82 Å². The molecule has 4 heteroatoms. The van der Waals surface area contributed by atoms with E-state index in [2.05, 4.69) is 34.3 Å². The Balaban J connectivity index is 1.61. The number of aliphatic hydroxyl groups is 1. The molecule has 3 unspecified atom stereocenters. The van der Waals surface area contributed by atoms with E-state index in [0.29, 0.717) is 11.8 Å². The first kappa shape index (κ1) is 12.9. The van der Waals surface area contributed by atoms with Crippen molar-refractivity contribution in [1.82, 2.24) is 9.88 Å². The SMILES string of the molecule is CCNc1cc(CN2CC3CCC(O)C3C2)ccn1. The highest BCUT2D eigenvalue weighted by atomic mass is 16.3. The summed E-state index contributed by atoms with van der Waals surface area (Å²) in [6.07, 6.45) is 4.01. The Kier molecular flexibility index (Phi) is 3.71. The standard InChI is InChI=1S/C15H23N3O/c1-2-16-15-7-11(5-6-17-15)8-18-9-12-3-4-14(19)13(12)10-18/h5-7,12-14,19H,2-4,8-10H2,1H3,(H,16,17). The number of anilines is 1. The van der Waals surface area contributed by atoms with Crippen LogP contribution in [0.3, 0.4) is 0 Å². The average molecular weight is 261 g/mol. The Hall–Kier alpha value is -1.13. The number of hydrogen-bond acceptors (Lipinski definition) is 4. The van der Waals surface area contributed by atoms with Crippen molar-refractivity contribution in [2.75, 3.05) is 25.0 Å². The molecule has 0 bridgehead atoms. The predicted octanol–water partition coefficient (Wildman–Crippen LogP) is 1.72. The molecule has 1 saturated carbocycles. The molecular formula is C15H23N3O. The normalized spacial score (nSPS) is 30.5. The summed E-state index contributed by atoms with van der Waals surface area (Å²) >= 11 is 0. The molecule has 19 heavy (non-hydrogen) atoms. The Bertz CT molecular complexity index is 437. The topological polar surface area (TPSA) is 48.4 Å². The number of hydrogen-bond donors (Lipinski definition) is 2. The van der Waals surface area contributed by atoms with Crippen LogP contribution in [-0.2, 0) is 6.54 Å². The molecule has 0 spiro atoms. The minimum absolute atomic E-state index is 0.0650. The van der Waals surface area contributed by atoms with E-state index in [-0.39, 0.29) is 6.10 Å². The summed E-state index contributed by atoms with van der Waals surface area (Å²) in [5, 5.41) is 13.2. The number of nitrogens with one attached hydrogen (secondary N) is 1. The summed E-state index contributed by atoms with van der Waals surface area (Å²) in [6.45, 7) is 6.14. The summed E-state index contributed by atoms with van der Waals surface area (Å²) in [5.74, 6) is 2.18. The number of aliphatic hydroxyl groups excluding tert-OH is 1. The van der Waals surface area contributed by atoms with Gasteiger partial charge in [-0.25, -0.2) is 4.98 Å². The first-order valence-electron chi connectivity index (χ1n) is 7.35. The highest BCUT2D eigenvalue weighted by Gasteiger charge is 2.41. The molecule has 0 aromatic carbocycles. The molecule has 1 aliphatic carbocycles. The minimum Gasteiger partial charge on any atom is -0.393 e. The van der Waals surface area contributed by atoms with Gasteiger partial charge in [-0.3, -0.25) is 4.90 Å². The van der Waals surface area contributed by atoms with E-state index in [4.69, 9.17) is 0 Å². The van der Waals surface area contributed by atoms with Gasteiger partial charge in [0, 0.05) is 38.3 Å². The van der Waals surface area contributed by atoms with E-state index in [1.165, 1.54) is 12.0 Å². The van der Waals surface area contributed by atoms with Crippen LogP contribution in [0, 0.1) is 11.8 Å². The monoisotopic (exact) mass is 261 g/mol. The molecule has 4 nitrogen and oxygen atoms in total. The van der Waals surface area contributed by atoms with Crippen LogP contribution in [0.15, 0.2) is 18.3 Å². The predicted molar refractivity (Wildman–Crippen MR) is 75.9 cm³/mol. The molecule has 3 atom stereocenters. The first-order chi connectivity index (χ1) is 9.26.